The average Bonchev–Trinajstić information content (AvgIpc) is 2.97. The lowest BCUT2D eigenvalue weighted by Gasteiger charge is -2.10. The van der Waals surface area contributed by atoms with E-state index in [1.54, 1.807) is 24.3 Å². The molecule has 23 heavy (non-hydrogen) atoms. The third-order valence-corrected chi connectivity index (χ3v) is 3.76. The molecule has 1 unspecified atom stereocenters. The van der Waals surface area contributed by atoms with Gasteiger partial charge in [-0.1, -0.05) is 43.0 Å². The number of aromatic nitrogens is 2. The number of ketones is 2. The van der Waals surface area contributed by atoms with Gasteiger partial charge in [0.05, 0.1) is 11.0 Å². The summed E-state index contributed by atoms with van der Waals surface area (Å²) in [6.45, 7) is 5.11. The summed E-state index contributed by atoms with van der Waals surface area (Å²) in [6, 6.07) is 14.5. The molecule has 0 fully saturated rings. The van der Waals surface area contributed by atoms with Crippen molar-refractivity contribution in [2.45, 2.75) is 12.8 Å². The Bertz CT molecular complexity index is 875. The predicted molar refractivity (Wildman–Crippen MR) is 90.4 cm³/mol. The van der Waals surface area contributed by atoms with Gasteiger partial charge in [-0.05, 0) is 30.7 Å². The van der Waals surface area contributed by atoms with Crippen molar-refractivity contribution in [3.05, 3.63) is 72.1 Å². The highest BCUT2D eigenvalue weighted by Crippen LogP contribution is 2.23. The number of H-pyrrole nitrogens is 1. The number of hydrogen-bond donors (Lipinski definition) is 1. The molecule has 2 aromatic carbocycles. The van der Waals surface area contributed by atoms with Crippen molar-refractivity contribution in [2.24, 2.45) is 0 Å². The van der Waals surface area contributed by atoms with Crippen LogP contribution in [0.1, 0.15) is 34.6 Å². The summed E-state index contributed by atoms with van der Waals surface area (Å²) < 4.78 is 0. The molecule has 3 aromatic rings. The SMILES string of the molecule is C=Cc1cccc(C(=O)C(C(C)=O)c2nc3ccccc3[nH]2)c1. The molecule has 0 aliphatic heterocycles. The molecular formula is C19H16N2O2. The quantitative estimate of drug-likeness (QED) is 0.576. The Morgan fingerprint density at radius 3 is 2.65 bits per heavy atom. The van der Waals surface area contributed by atoms with Crippen LogP contribution < -0.4 is 0 Å². The second-order valence-corrected chi connectivity index (χ2v) is 5.38. The molecule has 4 heteroatoms. The number of Topliss-reactive ketones (excluding diaryl/α,β-unsaturated/α-hetero) is 2. The van der Waals surface area contributed by atoms with Crippen molar-refractivity contribution >= 4 is 28.7 Å². The highest BCUT2D eigenvalue weighted by molar-refractivity contribution is 6.14. The number of nitrogens with zero attached hydrogens (tertiary/aromatic N) is 1. The number of para-hydroxylation sites is 2. The first kappa shape index (κ1) is 14.9. The Balaban J connectivity index is 2.05. The summed E-state index contributed by atoms with van der Waals surface area (Å²) in [4.78, 5) is 32.4. The van der Waals surface area contributed by atoms with Gasteiger partial charge in [0.1, 0.15) is 17.5 Å². The maximum atomic E-state index is 12.8. The molecule has 0 aliphatic carbocycles. The number of carbonyl (C=O) groups excluding carboxylic acids is 2. The van der Waals surface area contributed by atoms with E-state index in [9.17, 15) is 9.59 Å². The number of aromatic amines is 1. The van der Waals surface area contributed by atoms with Crippen LogP contribution in [0.3, 0.4) is 0 Å². The normalized spacial score (nSPS) is 12.0. The Morgan fingerprint density at radius 1 is 1.17 bits per heavy atom. The standard InChI is InChI=1S/C19H16N2O2/c1-3-13-7-6-8-14(11-13)18(23)17(12(2)22)19-20-15-9-4-5-10-16(15)21-19/h3-11,17H,1H2,2H3,(H,20,21). The summed E-state index contributed by atoms with van der Waals surface area (Å²) in [6.07, 6.45) is 1.67. The number of imidazole rings is 1. The largest absolute Gasteiger partial charge is 0.341 e. The first-order valence-electron chi connectivity index (χ1n) is 7.32. The van der Waals surface area contributed by atoms with E-state index in [1.165, 1.54) is 6.92 Å². The van der Waals surface area contributed by atoms with Crippen LogP contribution in [0, 0.1) is 0 Å². The Kier molecular flexibility index (Phi) is 3.89. The van der Waals surface area contributed by atoms with Gasteiger partial charge < -0.3 is 4.98 Å². The van der Waals surface area contributed by atoms with E-state index in [1.807, 2.05) is 30.3 Å². The average molecular weight is 304 g/mol. The zero-order chi connectivity index (χ0) is 16.4. The van der Waals surface area contributed by atoms with E-state index < -0.39 is 5.92 Å². The number of benzene rings is 2. The summed E-state index contributed by atoms with van der Waals surface area (Å²) in [7, 11) is 0. The second kappa shape index (κ2) is 6.01. The highest BCUT2D eigenvalue weighted by atomic mass is 16.1. The first-order chi connectivity index (χ1) is 11.1. The van der Waals surface area contributed by atoms with Crippen LogP contribution in [0.15, 0.2) is 55.1 Å². The van der Waals surface area contributed by atoms with E-state index in [0.29, 0.717) is 11.4 Å². The minimum atomic E-state index is -0.928. The minimum absolute atomic E-state index is 0.238. The van der Waals surface area contributed by atoms with E-state index in [2.05, 4.69) is 16.5 Å². The van der Waals surface area contributed by atoms with Gasteiger partial charge in [-0.15, -0.1) is 0 Å². The maximum absolute atomic E-state index is 12.8. The molecule has 0 bridgehead atoms. The fourth-order valence-electron chi connectivity index (χ4n) is 2.60. The molecule has 1 atom stereocenters. The molecular weight excluding hydrogens is 288 g/mol. The maximum Gasteiger partial charge on any atom is 0.180 e. The molecule has 1 N–H and O–H groups in total. The van der Waals surface area contributed by atoms with Crippen LogP contribution in [0.5, 0.6) is 0 Å². The van der Waals surface area contributed by atoms with Gasteiger partial charge in [0.25, 0.3) is 0 Å². The zero-order valence-corrected chi connectivity index (χ0v) is 12.7. The van der Waals surface area contributed by atoms with Crippen molar-refractivity contribution < 1.29 is 9.59 Å². The topological polar surface area (TPSA) is 62.8 Å². The predicted octanol–water partition coefficient (Wildman–Crippen LogP) is 3.76. The van der Waals surface area contributed by atoms with Crippen LogP contribution in [0.2, 0.25) is 0 Å². The minimum Gasteiger partial charge on any atom is -0.341 e. The number of nitrogens with one attached hydrogen (secondary N) is 1. The highest BCUT2D eigenvalue weighted by Gasteiger charge is 2.29. The van der Waals surface area contributed by atoms with E-state index in [-0.39, 0.29) is 11.6 Å². The molecule has 1 aromatic heterocycles. The lowest BCUT2D eigenvalue weighted by Crippen LogP contribution is -2.21. The van der Waals surface area contributed by atoms with E-state index in [4.69, 9.17) is 0 Å². The second-order valence-electron chi connectivity index (χ2n) is 5.38. The summed E-state index contributed by atoms with van der Waals surface area (Å²) in [5, 5.41) is 0. The molecule has 3 rings (SSSR count). The molecule has 0 amide bonds. The number of hydrogen-bond acceptors (Lipinski definition) is 3. The summed E-state index contributed by atoms with van der Waals surface area (Å²) in [5.41, 5.74) is 2.86. The van der Waals surface area contributed by atoms with Crippen molar-refractivity contribution in [3.63, 3.8) is 0 Å². The lowest BCUT2D eigenvalue weighted by atomic mass is 9.93. The van der Waals surface area contributed by atoms with Crippen molar-refractivity contribution in [2.75, 3.05) is 0 Å². The lowest BCUT2D eigenvalue weighted by molar-refractivity contribution is -0.117. The van der Waals surface area contributed by atoms with Gasteiger partial charge in [-0.25, -0.2) is 4.98 Å². The summed E-state index contributed by atoms with van der Waals surface area (Å²) in [5.74, 6) is -1.05. The monoisotopic (exact) mass is 304 g/mol. The van der Waals surface area contributed by atoms with Gasteiger partial charge in [-0.3, -0.25) is 9.59 Å². The summed E-state index contributed by atoms with van der Waals surface area (Å²) >= 11 is 0. The molecule has 0 spiro atoms. The number of fused-ring (bicyclic) bond motifs is 1. The first-order valence-corrected chi connectivity index (χ1v) is 7.32. The molecule has 114 valence electrons. The molecule has 0 saturated heterocycles. The smallest absolute Gasteiger partial charge is 0.180 e. The van der Waals surface area contributed by atoms with Gasteiger partial charge in [0.2, 0.25) is 0 Å². The van der Waals surface area contributed by atoms with Gasteiger partial charge >= 0.3 is 0 Å². The Morgan fingerprint density at radius 2 is 1.96 bits per heavy atom. The van der Waals surface area contributed by atoms with E-state index in [0.717, 1.165) is 16.6 Å². The number of rotatable bonds is 5. The van der Waals surface area contributed by atoms with Crippen LogP contribution in [0.25, 0.3) is 17.1 Å². The Labute approximate surface area is 133 Å². The van der Waals surface area contributed by atoms with Crippen molar-refractivity contribution in [3.8, 4) is 0 Å². The molecule has 1 heterocycles. The zero-order valence-electron chi connectivity index (χ0n) is 12.7. The van der Waals surface area contributed by atoms with Crippen LogP contribution in [0.4, 0.5) is 0 Å². The van der Waals surface area contributed by atoms with Crippen LogP contribution in [-0.2, 0) is 4.79 Å². The molecule has 0 aliphatic rings. The molecule has 0 saturated carbocycles. The van der Waals surface area contributed by atoms with Crippen molar-refractivity contribution in [1.82, 2.24) is 9.97 Å². The molecule has 0 radical (unpaired) electrons. The fraction of sp³-hybridized carbons (Fsp3) is 0.105. The van der Waals surface area contributed by atoms with Gasteiger partial charge in [0, 0.05) is 5.56 Å². The van der Waals surface area contributed by atoms with Gasteiger partial charge in [0.15, 0.2) is 5.78 Å². The van der Waals surface area contributed by atoms with E-state index >= 15 is 0 Å². The Hall–Kier alpha value is -3.01. The van der Waals surface area contributed by atoms with Gasteiger partial charge in [-0.2, -0.15) is 0 Å². The third-order valence-electron chi connectivity index (χ3n) is 3.76. The van der Waals surface area contributed by atoms with Crippen LogP contribution >= 0.6 is 0 Å². The fourth-order valence-corrected chi connectivity index (χ4v) is 2.60. The van der Waals surface area contributed by atoms with Crippen LogP contribution in [-0.4, -0.2) is 21.5 Å². The van der Waals surface area contributed by atoms with Crippen molar-refractivity contribution in [1.29, 1.82) is 0 Å². The number of carbonyl (C=O) groups is 2. The molecule has 4 nitrogen and oxygen atoms in total. The third kappa shape index (κ3) is 2.83.